The van der Waals surface area contributed by atoms with Crippen LogP contribution in [-0.4, -0.2) is 29.6 Å². The van der Waals surface area contributed by atoms with Crippen molar-refractivity contribution in [2.24, 2.45) is 5.92 Å². The Balaban J connectivity index is 0.00000242. The number of hydrogen-bond donors (Lipinski definition) is 1. The lowest BCUT2D eigenvalue weighted by molar-refractivity contribution is 0.109. The van der Waals surface area contributed by atoms with Gasteiger partial charge in [-0.1, -0.05) is 52.2 Å². The number of rotatable bonds is 6. The van der Waals surface area contributed by atoms with Crippen molar-refractivity contribution in [3.63, 3.8) is 0 Å². The fraction of sp³-hybridized carbons (Fsp3) is 0.684. The van der Waals surface area contributed by atoms with Gasteiger partial charge in [-0.05, 0) is 55.0 Å². The molecule has 1 aliphatic heterocycles. The van der Waals surface area contributed by atoms with Crippen molar-refractivity contribution in [2.75, 3.05) is 19.6 Å². The number of benzene rings is 1. The van der Waals surface area contributed by atoms with Gasteiger partial charge in [0, 0.05) is 6.54 Å². The Morgan fingerprint density at radius 3 is 2.68 bits per heavy atom. The van der Waals surface area contributed by atoms with Crippen LogP contribution in [0.4, 0.5) is 0 Å². The normalized spacial score (nSPS) is 25.7. The van der Waals surface area contributed by atoms with Crippen molar-refractivity contribution >= 4 is 12.4 Å². The van der Waals surface area contributed by atoms with E-state index < -0.39 is 0 Å². The minimum absolute atomic E-state index is 0. The fourth-order valence-corrected chi connectivity index (χ4v) is 3.57. The molecule has 0 saturated carbocycles. The van der Waals surface area contributed by atoms with Crippen LogP contribution in [0, 0.1) is 5.92 Å². The van der Waals surface area contributed by atoms with E-state index in [0.717, 1.165) is 0 Å². The molecule has 0 aromatic heterocycles. The van der Waals surface area contributed by atoms with Gasteiger partial charge in [-0.15, -0.1) is 12.4 Å². The van der Waals surface area contributed by atoms with E-state index in [2.05, 4.69) is 31.7 Å². The minimum Gasteiger partial charge on any atom is -0.508 e. The lowest BCUT2D eigenvalue weighted by Crippen LogP contribution is -2.47. The number of aromatic hydroxyl groups is 1. The van der Waals surface area contributed by atoms with Gasteiger partial charge in [0.15, 0.2) is 0 Å². The number of unbranched alkanes of at least 4 members (excludes halogenated alkanes) is 3. The molecule has 0 unspecified atom stereocenters. The minimum atomic E-state index is 0. The highest BCUT2D eigenvalue weighted by atomic mass is 35.5. The summed E-state index contributed by atoms with van der Waals surface area (Å²) in [5.41, 5.74) is 1.49. The lowest BCUT2D eigenvalue weighted by atomic mass is 9.68. The van der Waals surface area contributed by atoms with Gasteiger partial charge in [0.2, 0.25) is 0 Å². The third kappa shape index (κ3) is 4.63. The number of likely N-dealkylation sites (tertiary alicyclic amines) is 1. The molecule has 3 heteroatoms. The fourth-order valence-electron chi connectivity index (χ4n) is 3.57. The van der Waals surface area contributed by atoms with E-state index in [0.29, 0.717) is 11.7 Å². The predicted molar refractivity (Wildman–Crippen MR) is 97.1 cm³/mol. The van der Waals surface area contributed by atoms with Crippen LogP contribution in [0.15, 0.2) is 24.3 Å². The molecule has 1 heterocycles. The second-order valence-corrected chi connectivity index (χ2v) is 6.98. The van der Waals surface area contributed by atoms with Crippen molar-refractivity contribution < 1.29 is 5.11 Å². The monoisotopic (exact) mass is 325 g/mol. The molecule has 1 saturated heterocycles. The Morgan fingerprint density at radius 1 is 1.27 bits per heavy atom. The van der Waals surface area contributed by atoms with Gasteiger partial charge in [-0.2, -0.15) is 0 Å². The average Bonchev–Trinajstić information content (AvgIpc) is 2.47. The number of phenolic OH excluding ortho intramolecular Hbond substituents is 1. The van der Waals surface area contributed by atoms with Crippen LogP contribution in [0.25, 0.3) is 0 Å². The maximum absolute atomic E-state index is 9.75. The summed E-state index contributed by atoms with van der Waals surface area (Å²) in [6, 6.07) is 7.86. The van der Waals surface area contributed by atoms with Crippen molar-refractivity contribution in [1.29, 1.82) is 0 Å². The first-order valence-corrected chi connectivity index (χ1v) is 8.58. The van der Waals surface area contributed by atoms with Crippen LogP contribution in [0.2, 0.25) is 0 Å². The second kappa shape index (κ2) is 8.79. The van der Waals surface area contributed by atoms with Gasteiger partial charge >= 0.3 is 0 Å². The Labute approximate surface area is 142 Å². The van der Waals surface area contributed by atoms with Crippen molar-refractivity contribution in [3.05, 3.63) is 29.8 Å². The van der Waals surface area contributed by atoms with Crippen molar-refractivity contribution in [2.45, 2.75) is 58.3 Å². The van der Waals surface area contributed by atoms with Crippen LogP contribution in [0.3, 0.4) is 0 Å². The average molecular weight is 326 g/mol. The summed E-state index contributed by atoms with van der Waals surface area (Å²) in [6.07, 6.45) is 6.57. The smallest absolute Gasteiger partial charge is 0.115 e. The molecule has 1 aromatic carbocycles. The van der Waals surface area contributed by atoms with E-state index in [9.17, 15) is 5.11 Å². The van der Waals surface area contributed by atoms with E-state index in [1.165, 1.54) is 57.3 Å². The molecule has 22 heavy (non-hydrogen) atoms. The SMILES string of the molecule is CCCCCCN1CC[C@](C)(c2cccc(O)c2)[C@@H](C)C1.Cl. The van der Waals surface area contributed by atoms with Gasteiger partial charge in [0.05, 0.1) is 0 Å². The predicted octanol–water partition coefficient (Wildman–Crippen LogP) is 4.99. The van der Waals surface area contributed by atoms with E-state index in [1.807, 2.05) is 12.1 Å². The van der Waals surface area contributed by atoms with E-state index in [-0.39, 0.29) is 17.8 Å². The maximum Gasteiger partial charge on any atom is 0.115 e. The summed E-state index contributed by atoms with van der Waals surface area (Å²) in [5, 5.41) is 9.75. The van der Waals surface area contributed by atoms with Gasteiger partial charge < -0.3 is 10.0 Å². The lowest BCUT2D eigenvalue weighted by Gasteiger charge is -2.45. The molecule has 1 fully saturated rings. The third-order valence-corrected chi connectivity index (χ3v) is 5.40. The Hall–Kier alpha value is -0.730. The van der Waals surface area contributed by atoms with Gasteiger partial charge in [-0.25, -0.2) is 0 Å². The summed E-state index contributed by atoms with van der Waals surface area (Å²) in [7, 11) is 0. The van der Waals surface area contributed by atoms with E-state index in [4.69, 9.17) is 0 Å². The van der Waals surface area contributed by atoms with Gasteiger partial charge in [0.1, 0.15) is 5.75 Å². The second-order valence-electron chi connectivity index (χ2n) is 6.98. The molecule has 0 aliphatic carbocycles. The summed E-state index contributed by atoms with van der Waals surface area (Å²) in [4.78, 5) is 2.63. The third-order valence-electron chi connectivity index (χ3n) is 5.40. The molecule has 126 valence electrons. The number of piperidine rings is 1. The van der Waals surface area contributed by atoms with Gasteiger partial charge in [0.25, 0.3) is 0 Å². The van der Waals surface area contributed by atoms with Crippen molar-refractivity contribution in [3.8, 4) is 5.75 Å². The highest BCUT2D eigenvalue weighted by Crippen LogP contribution is 2.40. The standard InChI is InChI=1S/C19H31NO.ClH/c1-4-5-6-7-12-20-13-11-19(3,16(2)15-20)17-9-8-10-18(21)14-17;/h8-10,14,16,21H,4-7,11-13,15H2,1-3H3;1H/t16-,19-;/m0./s1. The molecular weight excluding hydrogens is 294 g/mol. The molecule has 0 bridgehead atoms. The number of phenols is 1. The van der Waals surface area contributed by atoms with Crippen molar-refractivity contribution in [1.82, 2.24) is 4.90 Å². The topological polar surface area (TPSA) is 23.5 Å². The number of hydrogen-bond acceptors (Lipinski definition) is 2. The molecule has 0 spiro atoms. The Bertz CT molecular complexity index is 451. The highest BCUT2D eigenvalue weighted by Gasteiger charge is 2.37. The highest BCUT2D eigenvalue weighted by molar-refractivity contribution is 5.85. The van der Waals surface area contributed by atoms with Crippen LogP contribution in [-0.2, 0) is 5.41 Å². The quantitative estimate of drug-likeness (QED) is 0.744. The molecule has 2 atom stereocenters. The Kier molecular flexibility index (Phi) is 7.71. The van der Waals surface area contributed by atoms with Gasteiger partial charge in [-0.3, -0.25) is 0 Å². The van der Waals surface area contributed by atoms with E-state index >= 15 is 0 Å². The maximum atomic E-state index is 9.75. The van der Waals surface area contributed by atoms with Crippen LogP contribution in [0.1, 0.15) is 58.4 Å². The molecule has 0 amide bonds. The van der Waals surface area contributed by atoms with Crippen LogP contribution < -0.4 is 0 Å². The first-order chi connectivity index (χ1) is 10.1. The summed E-state index contributed by atoms with van der Waals surface area (Å²) in [5.74, 6) is 1.02. The summed E-state index contributed by atoms with van der Waals surface area (Å²) < 4.78 is 0. The van der Waals surface area contributed by atoms with Crippen LogP contribution in [0.5, 0.6) is 5.75 Å². The molecular formula is C19H32ClNO. The van der Waals surface area contributed by atoms with Crippen LogP contribution >= 0.6 is 12.4 Å². The zero-order chi connectivity index (χ0) is 15.3. The zero-order valence-electron chi connectivity index (χ0n) is 14.3. The molecule has 1 aliphatic rings. The molecule has 2 nitrogen and oxygen atoms in total. The summed E-state index contributed by atoms with van der Waals surface area (Å²) in [6.45, 7) is 10.6. The molecule has 1 N–H and O–H groups in total. The summed E-state index contributed by atoms with van der Waals surface area (Å²) >= 11 is 0. The first-order valence-electron chi connectivity index (χ1n) is 8.58. The van der Waals surface area contributed by atoms with E-state index in [1.54, 1.807) is 6.07 Å². The zero-order valence-corrected chi connectivity index (χ0v) is 15.2. The number of nitrogens with zero attached hydrogens (tertiary/aromatic N) is 1. The first kappa shape index (κ1) is 19.3. The Morgan fingerprint density at radius 2 is 2.05 bits per heavy atom. The molecule has 2 rings (SSSR count). The molecule has 0 radical (unpaired) electrons. The molecule has 1 aromatic rings. The largest absolute Gasteiger partial charge is 0.508 e. The number of halogens is 1.